The lowest BCUT2D eigenvalue weighted by Gasteiger charge is -2.26. The molecule has 202 valence electrons. The molecule has 1 unspecified atom stereocenters. The maximum Gasteiger partial charge on any atom is 0.416 e. The van der Waals surface area contributed by atoms with Crippen molar-refractivity contribution in [2.45, 2.75) is 51.3 Å². The molecular weight excluding hydrogens is 489 g/mol. The molecule has 1 aliphatic rings. The van der Waals surface area contributed by atoms with Crippen molar-refractivity contribution in [2.24, 2.45) is 5.92 Å². The van der Waals surface area contributed by atoms with E-state index in [-0.39, 0.29) is 24.7 Å². The van der Waals surface area contributed by atoms with Crippen LogP contribution in [0.15, 0.2) is 48.5 Å². The molecule has 0 saturated heterocycles. The molecule has 2 aromatic rings. The Bertz CT molecular complexity index is 1010. The Hall–Kier alpha value is -3.27. The molecule has 3 rings (SSSR count). The van der Waals surface area contributed by atoms with E-state index >= 15 is 0 Å². The van der Waals surface area contributed by atoms with E-state index in [4.69, 9.17) is 9.47 Å². The highest BCUT2D eigenvalue weighted by molar-refractivity contribution is 5.89. The Kier molecular flexibility index (Phi) is 10.2. The van der Waals surface area contributed by atoms with E-state index in [1.54, 1.807) is 36.1 Å². The third-order valence-electron chi connectivity index (χ3n) is 6.32. The summed E-state index contributed by atoms with van der Waals surface area (Å²) in [4.78, 5) is 25.9. The van der Waals surface area contributed by atoms with Gasteiger partial charge in [0.2, 0.25) is 0 Å². The summed E-state index contributed by atoms with van der Waals surface area (Å²) < 4.78 is 49.5. The van der Waals surface area contributed by atoms with Crippen molar-refractivity contribution in [1.29, 1.82) is 0 Å². The number of carbonyl (C=O) groups excluding carboxylic acids is 1. The van der Waals surface area contributed by atoms with Crippen molar-refractivity contribution in [2.75, 3.05) is 31.6 Å². The second kappa shape index (κ2) is 13.3. The summed E-state index contributed by atoms with van der Waals surface area (Å²) in [5, 5.41) is 11.9. The fourth-order valence-corrected chi connectivity index (χ4v) is 4.35. The molecule has 0 aromatic heterocycles. The van der Waals surface area contributed by atoms with E-state index in [0.29, 0.717) is 31.4 Å². The smallest absolute Gasteiger partial charge is 0.416 e. The first-order valence-corrected chi connectivity index (χ1v) is 12.4. The molecule has 1 atom stereocenters. The van der Waals surface area contributed by atoms with Gasteiger partial charge >= 0.3 is 18.2 Å². The lowest BCUT2D eigenvalue weighted by atomic mass is 10.1. The SMILES string of the molecule is CCOC(Cc1ccc(OCCN(CC2CCCC2)C(=O)Nc2ccc(C(F)(F)F)cc2)cc1)C(=O)O. The highest BCUT2D eigenvalue weighted by Crippen LogP contribution is 2.30. The zero-order valence-electron chi connectivity index (χ0n) is 20.8. The van der Waals surface area contributed by atoms with E-state index in [0.717, 1.165) is 43.4 Å². The number of benzene rings is 2. The van der Waals surface area contributed by atoms with Gasteiger partial charge in [0, 0.05) is 25.3 Å². The molecule has 1 saturated carbocycles. The van der Waals surface area contributed by atoms with Gasteiger partial charge < -0.3 is 24.8 Å². The molecule has 0 spiro atoms. The third kappa shape index (κ3) is 8.96. The number of halogens is 3. The molecule has 0 radical (unpaired) electrons. The summed E-state index contributed by atoms with van der Waals surface area (Å²) in [5.41, 5.74) is 0.314. The van der Waals surface area contributed by atoms with Gasteiger partial charge in [-0.05, 0) is 67.6 Å². The minimum atomic E-state index is -4.44. The zero-order valence-corrected chi connectivity index (χ0v) is 20.8. The molecule has 37 heavy (non-hydrogen) atoms. The van der Waals surface area contributed by atoms with Gasteiger partial charge in [-0.3, -0.25) is 0 Å². The van der Waals surface area contributed by atoms with Gasteiger partial charge in [0.1, 0.15) is 12.4 Å². The third-order valence-corrected chi connectivity index (χ3v) is 6.32. The first kappa shape index (κ1) is 28.3. The number of nitrogens with zero attached hydrogens (tertiary/aromatic N) is 1. The Balaban J connectivity index is 1.56. The van der Waals surface area contributed by atoms with Gasteiger partial charge in [0.25, 0.3) is 0 Å². The summed E-state index contributed by atoms with van der Waals surface area (Å²) in [5.74, 6) is -0.0553. The number of nitrogens with one attached hydrogen (secondary N) is 1. The standard InChI is InChI=1S/C27H33F3N2O5/c1-2-36-24(25(33)34)17-19-7-13-23(14-8-19)37-16-15-32(18-20-5-3-4-6-20)26(35)31-22-11-9-21(10-12-22)27(28,29)30/h7-14,20,24H,2-6,15-18H2,1H3,(H,31,35)(H,33,34). The van der Waals surface area contributed by atoms with Crippen LogP contribution in [-0.4, -0.2) is 54.4 Å². The van der Waals surface area contributed by atoms with Crippen LogP contribution in [0.5, 0.6) is 5.75 Å². The van der Waals surface area contributed by atoms with Crippen LogP contribution in [0.4, 0.5) is 23.7 Å². The Morgan fingerprint density at radius 3 is 2.30 bits per heavy atom. The molecular formula is C27H33F3N2O5. The lowest BCUT2D eigenvalue weighted by molar-refractivity contribution is -0.150. The van der Waals surface area contributed by atoms with Crippen LogP contribution in [0.3, 0.4) is 0 Å². The fourth-order valence-electron chi connectivity index (χ4n) is 4.35. The van der Waals surface area contributed by atoms with Crippen LogP contribution < -0.4 is 10.1 Å². The monoisotopic (exact) mass is 522 g/mol. The number of urea groups is 1. The minimum Gasteiger partial charge on any atom is -0.492 e. The van der Waals surface area contributed by atoms with Crippen molar-refractivity contribution in [3.63, 3.8) is 0 Å². The van der Waals surface area contributed by atoms with E-state index in [2.05, 4.69) is 5.32 Å². The van der Waals surface area contributed by atoms with Gasteiger partial charge in [0.05, 0.1) is 12.1 Å². The molecule has 0 aliphatic heterocycles. The largest absolute Gasteiger partial charge is 0.492 e. The number of alkyl halides is 3. The number of carboxylic acids is 1. The van der Waals surface area contributed by atoms with Crippen LogP contribution in [0, 0.1) is 5.92 Å². The number of rotatable bonds is 12. The highest BCUT2D eigenvalue weighted by Gasteiger charge is 2.30. The molecule has 1 fully saturated rings. The summed E-state index contributed by atoms with van der Waals surface area (Å²) >= 11 is 0. The van der Waals surface area contributed by atoms with Crippen molar-refractivity contribution < 1.29 is 37.3 Å². The van der Waals surface area contributed by atoms with Crippen molar-refractivity contribution in [3.8, 4) is 5.75 Å². The minimum absolute atomic E-state index is 0.225. The zero-order chi connectivity index (χ0) is 26.8. The molecule has 2 aromatic carbocycles. The van der Waals surface area contributed by atoms with E-state index in [1.165, 1.54) is 12.1 Å². The number of amides is 2. The van der Waals surface area contributed by atoms with Gasteiger partial charge in [-0.25, -0.2) is 9.59 Å². The number of carboxylic acid groups (broad SMARTS) is 1. The van der Waals surface area contributed by atoms with Crippen molar-refractivity contribution in [3.05, 3.63) is 59.7 Å². The van der Waals surface area contributed by atoms with Gasteiger partial charge in [0.15, 0.2) is 6.10 Å². The van der Waals surface area contributed by atoms with E-state index in [1.807, 2.05) is 0 Å². The second-order valence-electron chi connectivity index (χ2n) is 9.08. The average Bonchev–Trinajstić information content (AvgIpc) is 3.37. The van der Waals surface area contributed by atoms with Crippen LogP contribution in [0.2, 0.25) is 0 Å². The highest BCUT2D eigenvalue weighted by atomic mass is 19.4. The van der Waals surface area contributed by atoms with E-state index < -0.39 is 23.8 Å². The molecule has 0 bridgehead atoms. The number of anilines is 1. The molecule has 1 aliphatic carbocycles. The summed E-state index contributed by atoms with van der Waals surface area (Å²) in [7, 11) is 0. The number of ether oxygens (including phenoxy) is 2. The Morgan fingerprint density at radius 2 is 1.73 bits per heavy atom. The summed E-state index contributed by atoms with van der Waals surface area (Å²) in [6.45, 7) is 3.12. The average molecular weight is 523 g/mol. The van der Waals surface area contributed by atoms with Crippen LogP contribution in [0.25, 0.3) is 0 Å². The maximum atomic E-state index is 13.0. The first-order valence-electron chi connectivity index (χ1n) is 12.4. The predicted octanol–water partition coefficient (Wildman–Crippen LogP) is 5.84. The number of aliphatic carboxylic acids is 1. The molecule has 7 nitrogen and oxygen atoms in total. The second-order valence-corrected chi connectivity index (χ2v) is 9.08. The molecule has 2 amide bonds. The maximum absolute atomic E-state index is 13.0. The van der Waals surface area contributed by atoms with Crippen LogP contribution >= 0.6 is 0 Å². The van der Waals surface area contributed by atoms with Gasteiger partial charge in [-0.2, -0.15) is 13.2 Å². The Labute approximate surface area is 214 Å². The van der Waals surface area contributed by atoms with Crippen molar-refractivity contribution in [1.82, 2.24) is 4.90 Å². The van der Waals surface area contributed by atoms with Gasteiger partial charge in [-0.15, -0.1) is 0 Å². The molecule has 0 heterocycles. The molecule has 2 N–H and O–H groups in total. The van der Waals surface area contributed by atoms with Crippen molar-refractivity contribution >= 4 is 17.7 Å². The normalized spacial score (nSPS) is 14.8. The molecule has 10 heteroatoms. The lowest BCUT2D eigenvalue weighted by Crippen LogP contribution is -2.40. The van der Waals surface area contributed by atoms with Crippen LogP contribution in [-0.2, 0) is 22.1 Å². The summed E-state index contributed by atoms with van der Waals surface area (Å²) in [6, 6.07) is 11.0. The van der Waals surface area contributed by atoms with Crippen LogP contribution in [0.1, 0.15) is 43.7 Å². The number of hydrogen-bond acceptors (Lipinski definition) is 4. The number of hydrogen-bond donors (Lipinski definition) is 2. The Morgan fingerprint density at radius 1 is 1.08 bits per heavy atom. The first-order chi connectivity index (χ1) is 17.7. The fraction of sp³-hybridized carbons (Fsp3) is 0.481. The van der Waals surface area contributed by atoms with E-state index in [9.17, 15) is 27.9 Å². The van der Waals surface area contributed by atoms with Gasteiger partial charge in [-0.1, -0.05) is 25.0 Å². The quantitative estimate of drug-likeness (QED) is 0.366. The predicted molar refractivity (Wildman–Crippen MR) is 133 cm³/mol. The topological polar surface area (TPSA) is 88.1 Å². The number of carbonyl (C=O) groups is 2. The summed E-state index contributed by atoms with van der Waals surface area (Å²) in [6.07, 6.45) is -0.806.